The van der Waals surface area contributed by atoms with Crippen LogP contribution >= 0.6 is 23.2 Å². The molecule has 1 heterocycles. The van der Waals surface area contributed by atoms with Gasteiger partial charge in [-0.1, -0.05) is 42.5 Å². The summed E-state index contributed by atoms with van der Waals surface area (Å²) in [4.78, 5) is 38.8. The Labute approximate surface area is 149 Å². The molecule has 0 unspecified atom stereocenters. The van der Waals surface area contributed by atoms with Crippen molar-refractivity contribution in [1.82, 2.24) is 15.6 Å². The Morgan fingerprint density at radius 1 is 1.21 bits per heavy atom. The third kappa shape index (κ3) is 5.65. The largest absolute Gasteiger partial charge is 0.452 e. The van der Waals surface area contributed by atoms with E-state index in [4.69, 9.17) is 27.9 Å². The number of nitrogens with zero attached hydrogens (tertiary/aromatic N) is 1. The summed E-state index contributed by atoms with van der Waals surface area (Å²) in [6, 6.07) is 0.781. The van der Waals surface area contributed by atoms with Crippen molar-refractivity contribution in [1.29, 1.82) is 0 Å². The van der Waals surface area contributed by atoms with E-state index >= 15 is 0 Å². The van der Waals surface area contributed by atoms with E-state index in [2.05, 4.69) is 15.6 Å². The summed E-state index contributed by atoms with van der Waals surface area (Å²) in [7, 11) is 0. The molecule has 9 heteroatoms. The maximum absolute atomic E-state index is 11.8. The van der Waals surface area contributed by atoms with Crippen LogP contribution in [0.25, 0.3) is 0 Å². The summed E-state index contributed by atoms with van der Waals surface area (Å²) in [5, 5.41) is 5.01. The molecule has 1 aromatic heterocycles. The van der Waals surface area contributed by atoms with Gasteiger partial charge in [-0.2, -0.15) is 0 Å². The zero-order valence-corrected chi connectivity index (χ0v) is 14.3. The van der Waals surface area contributed by atoms with Crippen molar-refractivity contribution < 1.29 is 19.1 Å². The normalized spacial score (nSPS) is 14.8. The van der Waals surface area contributed by atoms with Gasteiger partial charge in [-0.15, -0.1) is 0 Å². The molecule has 0 bridgehead atoms. The quantitative estimate of drug-likeness (QED) is 0.624. The van der Waals surface area contributed by atoms with E-state index in [1.54, 1.807) is 0 Å². The molecule has 2 rings (SSSR count). The number of amides is 3. The number of carbonyl (C=O) groups is 3. The van der Waals surface area contributed by atoms with Gasteiger partial charge in [0.05, 0.1) is 10.6 Å². The number of carbonyl (C=O) groups excluding carboxylic acids is 3. The molecule has 0 aliphatic heterocycles. The fourth-order valence-corrected chi connectivity index (χ4v) is 2.65. The van der Waals surface area contributed by atoms with E-state index in [1.165, 1.54) is 12.3 Å². The number of aromatic nitrogens is 1. The van der Waals surface area contributed by atoms with Crippen molar-refractivity contribution in [3.63, 3.8) is 0 Å². The lowest BCUT2D eigenvalue weighted by Crippen LogP contribution is -2.46. The number of nitrogens with one attached hydrogen (secondary N) is 2. The Morgan fingerprint density at radius 2 is 1.92 bits per heavy atom. The van der Waals surface area contributed by atoms with Gasteiger partial charge in [0, 0.05) is 12.2 Å². The fourth-order valence-electron chi connectivity index (χ4n) is 2.38. The zero-order valence-electron chi connectivity index (χ0n) is 12.8. The molecule has 1 aliphatic carbocycles. The highest BCUT2D eigenvalue weighted by Gasteiger charge is 2.18. The van der Waals surface area contributed by atoms with E-state index < -0.39 is 24.5 Å². The lowest BCUT2D eigenvalue weighted by atomic mass is 9.96. The number of imide groups is 1. The predicted molar refractivity (Wildman–Crippen MR) is 88.1 cm³/mol. The molecule has 1 aromatic rings. The van der Waals surface area contributed by atoms with E-state index in [9.17, 15) is 14.4 Å². The number of urea groups is 1. The third-order valence-electron chi connectivity index (χ3n) is 3.56. The van der Waals surface area contributed by atoms with Gasteiger partial charge in [-0.25, -0.2) is 14.6 Å². The van der Waals surface area contributed by atoms with Crippen LogP contribution in [0.3, 0.4) is 0 Å². The van der Waals surface area contributed by atoms with Crippen molar-refractivity contribution >= 4 is 41.1 Å². The lowest BCUT2D eigenvalue weighted by molar-refractivity contribution is -0.123. The third-order valence-corrected chi connectivity index (χ3v) is 4.25. The Hall–Kier alpha value is -1.86. The van der Waals surface area contributed by atoms with Gasteiger partial charge in [0.15, 0.2) is 6.61 Å². The summed E-state index contributed by atoms with van der Waals surface area (Å²) in [6.45, 7) is -0.586. The highest BCUT2D eigenvalue weighted by atomic mass is 35.5. The van der Waals surface area contributed by atoms with Crippen LogP contribution in [0.15, 0.2) is 12.3 Å². The molecule has 0 aromatic carbocycles. The molecular weight excluding hydrogens is 357 g/mol. The SMILES string of the molecule is O=C(COC(=O)c1cnc(Cl)c(Cl)c1)NC(=O)NC1CCCCC1. The molecule has 2 N–H and O–H groups in total. The second kappa shape index (κ2) is 8.84. The number of hydrogen-bond donors (Lipinski definition) is 2. The molecule has 130 valence electrons. The monoisotopic (exact) mass is 373 g/mol. The van der Waals surface area contributed by atoms with Crippen molar-refractivity contribution in [2.75, 3.05) is 6.61 Å². The van der Waals surface area contributed by atoms with Crippen LogP contribution in [0.1, 0.15) is 42.5 Å². The van der Waals surface area contributed by atoms with E-state index in [0.29, 0.717) is 0 Å². The maximum atomic E-state index is 11.8. The summed E-state index contributed by atoms with van der Waals surface area (Å²) in [5.74, 6) is -1.51. The second-order valence-corrected chi connectivity index (χ2v) is 6.19. The fraction of sp³-hybridized carbons (Fsp3) is 0.467. The molecule has 0 radical (unpaired) electrons. The van der Waals surface area contributed by atoms with Crippen LogP contribution in [0, 0.1) is 0 Å². The van der Waals surface area contributed by atoms with Gasteiger partial charge in [-0.3, -0.25) is 10.1 Å². The van der Waals surface area contributed by atoms with Crippen LogP contribution in [0.4, 0.5) is 4.79 Å². The number of ether oxygens (including phenoxy) is 1. The Morgan fingerprint density at radius 3 is 2.58 bits per heavy atom. The summed E-state index contributed by atoms with van der Waals surface area (Å²) in [5.41, 5.74) is 0.0591. The maximum Gasteiger partial charge on any atom is 0.340 e. The van der Waals surface area contributed by atoms with Gasteiger partial charge in [-0.05, 0) is 18.9 Å². The number of pyridine rings is 1. The zero-order chi connectivity index (χ0) is 17.5. The van der Waals surface area contributed by atoms with Gasteiger partial charge in [0.25, 0.3) is 5.91 Å². The first-order valence-corrected chi connectivity index (χ1v) is 8.30. The average molecular weight is 374 g/mol. The average Bonchev–Trinajstić information content (AvgIpc) is 2.56. The standard InChI is InChI=1S/C15H17Cl2N3O4/c16-11-6-9(7-18-13(11)17)14(22)24-8-12(21)20-15(23)19-10-4-2-1-3-5-10/h6-7,10H,1-5,8H2,(H2,19,20,21,23). The Kier molecular flexibility index (Phi) is 6.81. The Balaban J connectivity index is 1.74. The molecule has 7 nitrogen and oxygen atoms in total. The van der Waals surface area contributed by atoms with Crippen LogP contribution in [0.2, 0.25) is 10.2 Å². The van der Waals surface area contributed by atoms with Crippen molar-refractivity contribution in [3.8, 4) is 0 Å². The van der Waals surface area contributed by atoms with E-state index in [0.717, 1.165) is 32.1 Å². The number of halogens is 2. The first-order valence-electron chi connectivity index (χ1n) is 7.54. The number of rotatable bonds is 4. The summed E-state index contributed by atoms with van der Waals surface area (Å²) in [6.07, 6.45) is 6.28. The van der Waals surface area contributed by atoms with Crippen molar-refractivity contribution in [3.05, 3.63) is 28.0 Å². The first-order chi connectivity index (χ1) is 11.5. The van der Waals surface area contributed by atoms with Crippen LogP contribution in [0.5, 0.6) is 0 Å². The smallest absolute Gasteiger partial charge is 0.340 e. The molecule has 1 fully saturated rings. The topological polar surface area (TPSA) is 97.4 Å². The van der Waals surface area contributed by atoms with Gasteiger partial charge in [0.1, 0.15) is 5.15 Å². The molecule has 1 saturated carbocycles. The highest BCUT2D eigenvalue weighted by molar-refractivity contribution is 6.41. The van der Waals surface area contributed by atoms with E-state index in [1.807, 2.05) is 0 Å². The minimum absolute atomic E-state index is 0.0591. The summed E-state index contributed by atoms with van der Waals surface area (Å²) >= 11 is 11.4. The molecule has 1 aliphatic rings. The van der Waals surface area contributed by atoms with Crippen LogP contribution in [-0.4, -0.2) is 35.5 Å². The minimum Gasteiger partial charge on any atom is -0.452 e. The highest BCUT2D eigenvalue weighted by Crippen LogP contribution is 2.20. The van der Waals surface area contributed by atoms with Crippen molar-refractivity contribution in [2.24, 2.45) is 0 Å². The van der Waals surface area contributed by atoms with Gasteiger partial charge in [0.2, 0.25) is 0 Å². The minimum atomic E-state index is -0.788. The van der Waals surface area contributed by atoms with Gasteiger partial charge >= 0.3 is 12.0 Å². The molecule has 3 amide bonds. The first kappa shape index (κ1) is 18.5. The molecule has 24 heavy (non-hydrogen) atoms. The Bertz CT molecular complexity index is 633. The molecule has 0 spiro atoms. The summed E-state index contributed by atoms with van der Waals surface area (Å²) < 4.78 is 4.80. The lowest BCUT2D eigenvalue weighted by Gasteiger charge is -2.22. The second-order valence-electron chi connectivity index (χ2n) is 5.43. The number of hydrogen-bond acceptors (Lipinski definition) is 5. The molecule has 0 atom stereocenters. The van der Waals surface area contributed by atoms with Gasteiger partial charge < -0.3 is 10.1 Å². The van der Waals surface area contributed by atoms with Crippen LogP contribution < -0.4 is 10.6 Å². The predicted octanol–water partition coefficient (Wildman–Crippen LogP) is 2.70. The molecular formula is C15H17Cl2N3O4. The number of esters is 1. The van der Waals surface area contributed by atoms with Crippen molar-refractivity contribution in [2.45, 2.75) is 38.1 Å². The molecule has 0 saturated heterocycles. The van der Waals surface area contributed by atoms with Crippen LogP contribution in [-0.2, 0) is 9.53 Å². The van der Waals surface area contributed by atoms with E-state index in [-0.39, 0.29) is 21.8 Å².